The summed E-state index contributed by atoms with van der Waals surface area (Å²) in [6.45, 7) is 6.17. The monoisotopic (exact) mass is 262 g/mol. The second kappa shape index (κ2) is 6.42. The van der Waals surface area contributed by atoms with Gasteiger partial charge in [0, 0.05) is 51.3 Å². The fourth-order valence-corrected chi connectivity index (χ4v) is 0.791. The van der Waals surface area contributed by atoms with Crippen molar-refractivity contribution < 1.29 is 51.3 Å². The molecule has 2 nitrogen and oxygen atoms in total. The third-order valence-electron chi connectivity index (χ3n) is 1.25. The van der Waals surface area contributed by atoms with Gasteiger partial charge in [0.25, 0.3) is 0 Å². The van der Waals surface area contributed by atoms with E-state index in [0.29, 0.717) is 6.04 Å². The number of hydrogen-bond acceptors (Lipinski definition) is 1. The van der Waals surface area contributed by atoms with Crippen LogP contribution in [0.5, 0.6) is 0 Å². The van der Waals surface area contributed by atoms with Crippen molar-refractivity contribution in [2.45, 2.75) is 26.8 Å². The standard InChI is InChI=1S/C7H10N2.V.Y/c1-6(2)9-5-8-4-7(9)3;;/h6H,1-3H3;;/q-2;;. The van der Waals surface area contributed by atoms with E-state index in [2.05, 4.69) is 31.4 Å². The Morgan fingerprint density at radius 3 is 2.18 bits per heavy atom. The number of rotatable bonds is 1. The van der Waals surface area contributed by atoms with Crippen LogP contribution in [0.4, 0.5) is 0 Å². The third kappa shape index (κ3) is 3.89. The Bertz CT molecular complexity index is 198. The molecule has 58 valence electrons. The number of aryl methyl sites for hydroxylation is 1. The molecule has 0 fully saturated rings. The molecule has 0 saturated heterocycles. The molecule has 1 rings (SSSR count). The maximum absolute atomic E-state index is 3.76. The van der Waals surface area contributed by atoms with Gasteiger partial charge in [-0.1, -0.05) is 6.92 Å². The first-order valence-corrected chi connectivity index (χ1v) is 3.06. The van der Waals surface area contributed by atoms with E-state index in [1.807, 2.05) is 11.5 Å². The Kier molecular flexibility index (Phi) is 8.42. The summed E-state index contributed by atoms with van der Waals surface area (Å²) in [5.74, 6) is 0. The minimum Gasteiger partial charge on any atom is -0.658 e. The average molecular weight is 262 g/mol. The molecule has 0 saturated carbocycles. The molecule has 0 atom stereocenters. The van der Waals surface area contributed by atoms with Crippen LogP contribution >= 0.6 is 0 Å². The molecule has 0 spiro atoms. The minimum absolute atomic E-state index is 0. The second-order valence-corrected chi connectivity index (χ2v) is 2.37. The van der Waals surface area contributed by atoms with Crippen LogP contribution in [0.25, 0.3) is 0 Å². The molecule has 11 heavy (non-hydrogen) atoms. The maximum atomic E-state index is 3.76. The fraction of sp³-hybridized carbons (Fsp3) is 0.571. The van der Waals surface area contributed by atoms with Crippen LogP contribution in [0.1, 0.15) is 25.6 Å². The first-order valence-electron chi connectivity index (χ1n) is 3.06. The molecule has 0 aliphatic carbocycles. The summed E-state index contributed by atoms with van der Waals surface area (Å²) >= 11 is 0. The normalized spacial score (nSPS) is 8.73. The molecule has 0 unspecified atom stereocenters. The van der Waals surface area contributed by atoms with Crippen molar-refractivity contribution in [3.63, 3.8) is 0 Å². The third-order valence-corrected chi connectivity index (χ3v) is 1.25. The SMILES string of the molecule is Cc1[c-]n[c-]n1C(C)C.[V].[Y]. The number of hydrogen-bond donors (Lipinski definition) is 0. The molecule has 0 aromatic carbocycles. The molecule has 2 radical (unpaired) electrons. The van der Waals surface area contributed by atoms with Crippen molar-refractivity contribution >= 4 is 0 Å². The van der Waals surface area contributed by atoms with Gasteiger partial charge < -0.3 is 22.1 Å². The Labute approximate surface area is 105 Å². The smallest absolute Gasteiger partial charge is 0 e. The van der Waals surface area contributed by atoms with E-state index in [1.54, 1.807) is 0 Å². The van der Waals surface area contributed by atoms with E-state index in [1.165, 1.54) is 0 Å². The molecule has 4 heteroatoms. The molecule has 1 aromatic rings. The zero-order valence-electron chi connectivity index (χ0n) is 7.00. The van der Waals surface area contributed by atoms with Crippen LogP contribution < -0.4 is 0 Å². The van der Waals surface area contributed by atoms with E-state index in [-0.39, 0.29) is 51.3 Å². The molecule has 0 amide bonds. The van der Waals surface area contributed by atoms with Gasteiger partial charge in [0.15, 0.2) is 0 Å². The van der Waals surface area contributed by atoms with Crippen molar-refractivity contribution in [1.29, 1.82) is 0 Å². The van der Waals surface area contributed by atoms with Gasteiger partial charge in [-0.2, -0.15) is 5.69 Å². The van der Waals surface area contributed by atoms with Gasteiger partial charge in [-0.3, -0.25) is 0 Å². The van der Waals surface area contributed by atoms with Crippen molar-refractivity contribution in [3.8, 4) is 0 Å². The van der Waals surface area contributed by atoms with Crippen LogP contribution in [0, 0.1) is 19.4 Å². The van der Waals surface area contributed by atoms with Crippen LogP contribution in [-0.2, 0) is 51.3 Å². The predicted molar refractivity (Wildman–Crippen MR) is 35.0 cm³/mol. The van der Waals surface area contributed by atoms with Crippen LogP contribution in [0.2, 0.25) is 0 Å². The molecule has 0 bridgehead atoms. The van der Waals surface area contributed by atoms with Crippen LogP contribution in [0.3, 0.4) is 0 Å². The summed E-state index contributed by atoms with van der Waals surface area (Å²) in [5.41, 5.74) is 1.05. The summed E-state index contributed by atoms with van der Waals surface area (Å²) in [5, 5.41) is 0. The molecule has 0 aliphatic rings. The summed E-state index contributed by atoms with van der Waals surface area (Å²) in [4.78, 5) is 3.76. The number of aromatic nitrogens is 2. The van der Waals surface area contributed by atoms with Gasteiger partial charge in [-0.25, -0.2) is 0 Å². The Balaban J connectivity index is 0. The van der Waals surface area contributed by atoms with Crippen molar-refractivity contribution in [2.24, 2.45) is 0 Å². The first-order chi connectivity index (χ1) is 4.22. The van der Waals surface area contributed by atoms with Gasteiger partial charge >= 0.3 is 0 Å². The molecule has 1 aromatic heterocycles. The molecular formula is C7H10N2VY-2. The topological polar surface area (TPSA) is 17.8 Å². The zero-order chi connectivity index (χ0) is 6.85. The summed E-state index contributed by atoms with van der Waals surface area (Å²) < 4.78 is 1.96. The zero-order valence-corrected chi connectivity index (χ0v) is 11.2. The van der Waals surface area contributed by atoms with Crippen molar-refractivity contribution in [3.05, 3.63) is 18.2 Å². The second-order valence-electron chi connectivity index (χ2n) is 2.37. The van der Waals surface area contributed by atoms with Gasteiger partial charge in [0.05, 0.1) is 0 Å². The van der Waals surface area contributed by atoms with Crippen LogP contribution in [0.15, 0.2) is 0 Å². The fourth-order valence-electron chi connectivity index (χ4n) is 0.791. The Morgan fingerprint density at radius 1 is 1.45 bits per heavy atom. The largest absolute Gasteiger partial charge is 0.658 e. The Hall–Kier alpha value is 0.898. The molecule has 0 N–H and O–H groups in total. The van der Waals surface area contributed by atoms with E-state index in [4.69, 9.17) is 0 Å². The summed E-state index contributed by atoms with van der Waals surface area (Å²) in [6, 6.07) is 0.448. The van der Waals surface area contributed by atoms with E-state index >= 15 is 0 Å². The van der Waals surface area contributed by atoms with Gasteiger partial charge in [-0.15, -0.1) is 0 Å². The first kappa shape index (κ1) is 14.4. The van der Waals surface area contributed by atoms with Crippen LogP contribution in [-0.4, -0.2) is 9.55 Å². The van der Waals surface area contributed by atoms with Crippen molar-refractivity contribution in [2.75, 3.05) is 0 Å². The summed E-state index contributed by atoms with van der Waals surface area (Å²) in [6.07, 6.45) is 5.62. The summed E-state index contributed by atoms with van der Waals surface area (Å²) in [7, 11) is 0. The Morgan fingerprint density at radius 2 is 2.00 bits per heavy atom. The average Bonchev–Trinajstić information content (AvgIpc) is 2.13. The molecular weight excluding hydrogens is 252 g/mol. The van der Waals surface area contributed by atoms with Crippen molar-refractivity contribution in [1.82, 2.24) is 9.55 Å². The van der Waals surface area contributed by atoms with Gasteiger partial charge in [-0.05, 0) is 19.9 Å². The number of imidazole rings is 1. The van der Waals surface area contributed by atoms with Gasteiger partial charge in [0.1, 0.15) is 0 Å². The van der Waals surface area contributed by atoms with Gasteiger partial charge in [0.2, 0.25) is 0 Å². The molecule has 0 aliphatic heterocycles. The number of nitrogens with zero attached hydrogens (tertiary/aromatic N) is 2. The van der Waals surface area contributed by atoms with E-state index in [0.717, 1.165) is 5.69 Å². The molecule has 1 heterocycles. The minimum atomic E-state index is 0. The van der Waals surface area contributed by atoms with E-state index in [9.17, 15) is 0 Å². The maximum Gasteiger partial charge on any atom is 0 e. The quantitative estimate of drug-likeness (QED) is 0.699. The van der Waals surface area contributed by atoms with E-state index < -0.39 is 0 Å². The predicted octanol–water partition coefficient (Wildman–Crippen LogP) is 1.37.